The summed E-state index contributed by atoms with van der Waals surface area (Å²) in [5.74, 6) is 2.87. The van der Waals surface area contributed by atoms with Crippen LogP contribution in [0.15, 0.2) is 18.2 Å². The van der Waals surface area contributed by atoms with Crippen LogP contribution in [0.2, 0.25) is 0 Å². The van der Waals surface area contributed by atoms with E-state index in [0.717, 1.165) is 37.2 Å². The number of rotatable bonds is 8. The van der Waals surface area contributed by atoms with Crippen molar-refractivity contribution in [2.45, 2.75) is 51.9 Å². The minimum absolute atomic E-state index is 0.862. The highest BCUT2D eigenvalue weighted by Crippen LogP contribution is 2.33. The predicted octanol–water partition coefficient (Wildman–Crippen LogP) is 4.06. The first-order chi connectivity index (χ1) is 13.2. The van der Waals surface area contributed by atoms with Crippen LogP contribution in [0.4, 0.5) is 5.69 Å². The van der Waals surface area contributed by atoms with Gasteiger partial charge in [-0.1, -0.05) is 31.7 Å². The highest BCUT2D eigenvalue weighted by molar-refractivity contribution is 5.57. The van der Waals surface area contributed by atoms with Gasteiger partial charge >= 0.3 is 0 Å². The van der Waals surface area contributed by atoms with E-state index in [1.807, 2.05) is 0 Å². The third kappa shape index (κ3) is 5.86. The number of benzene rings is 1. The smallest absolute Gasteiger partial charge is 0.120 e. The molecule has 0 amide bonds. The molecule has 0 spiro atoms. The summed E-state index contributed by atoms with van der Waals surface area (Å²) in [7, 11) is 1.75. The third-order valence-corrected chi connectivity index (χ3v) is 6.77. The van der Waals surface area contributed by atoms with Crippen molar-refractivity contribution in [3.63, 3.8) is 0 Å². The second kappa shape index (κ2) is 10.3. The summed E-state index contributed by atoms with van der Waals surface area (Å²) in [6.07, 6.45) is 9.72. The Balaban J connectivity index is 1.38. The first kappa shape index (κ1) is 20.5. The molecule has 27 heavy (non-hydrogen) atoms. The molecule has 0 bridgehead atoms. The van der Waals surface area contributed by atoms with Gasteiger partial charge in [0, 0.05) is 37.9 Å². The Bertz CT molecular complexity index is 561. The largest absolute Gasteiger partial charge is 0.497 e. The van der Waals surface area contributed by atoms with Gasteiger partial charge in [-0.3, -0.25) is 4.90 Å². The fourth-order valence-electron chi connectivity index (χ4n) is 4.85. The second-order valence-corrected chi connectivity index (χ2v) is 8.59. The predicted molar refractivity (Wildman–Crippen MR) is 115 cm³/mol. The van der Waals surface area contributed by atoms with Crippen molar-refractivity contribution in [2.75, 3.05) is 51.3 Å². The Morgan fingerprint density at radius 3 is 2.30 bits per heavy atom. The van der Waals surface area contributed by atoms with Gasteiger partial charge in [-0.25, -0.2) is 0 Å². The maximum Gasteiger partial charge on any atom is 0.120 e. The fourth-order valence-corrected chi connectivity index (χ4v) is 4.85. The molecule has 2 N–H and O–H groups in total. The van der Waals surface area contributed by atoms with E-state index in [1.165, 1.54) is 75.8 Å². The van der Waals surface area contributed by atoms with Crippen LogP contribution < -0.4 is 15.4 Å². The molecule has 4 heteroatoms. The zero-order valence-electron chi connectivity index (χ0n) is 17.5. The van der Waals surface area contributed by atoms with E-state index in [0.29, 0.717) is 0 Å². The van der Waals surface area contributed by atoms with E-state index in [2.05, 4.69) is 34.9 Å². The summed E-state index contributed by atoms with van der Waals surface area (Å²) in [6, 6.07) is 6.42. The maximum atomic E-state index is 5.66. The number of nitrogens with zero attached hydrogens (tertiary/aromatic N) is 2. The number of ether oxygens (including phenoxy) is 1. The number of anilines is 1. The summed E-state index contributed by atoms with van der Waals surface area (Å²) in [5.41, 5.74) is 8.34. The van der Waals surface area contributed by atoms with Crippen LogP contribution in [0.3, 0.4) is 0 Å². The highest BCUT2D eigenvalue weighted by Gasteiger charge is 2.23. The van der Waals surface area contributed by atoms with Crippen molar-refractivity contribution in [1.29, 1.82) is 0 Å². The zero-order chi connectivity index (χ0) is 19.1. The molecule has 1 aromatic rings. The summed E-state index contributed by atoms with van der Waals surface area (Å²) in [5, 5.41) is 0. The van der Waals surface area contributed by atoms with Gasteiger partial charge < -0.3 is 15.4 Å². The van der Waals surface area contributed by atoms with E-state index in [-0.39, 0.29) is 0 Å². The molecule has 1 aliphatic carbocycles. The van der Waals surface area contributed by atoms with E-state index >= 15 is 0 Å². The average Bonchev–Trinajstić information content (AvgIpc) is 2.72. The van der Waals surface area contributed by atoms with E-state index in [9.17, 15) is 0 Å². The van der Waals surface area contributed by atoms with Gasteiger partial charge in [-0.15, -0.1) is 0 Å². The Morgan fingerprint density at radius 1 is 1.00 bits per heavy atom. The maximum absolute atomic E-state index is 5.66. The van der Waals surface area contributed by atoms with Crippen LogP contribution in [0.25, 0.3) is 0 Å². The lowest BCUT2D eigenvalue weighted by Gasteiger charge is -2.38. The van der Waals surface area contributed by atoms with E-state index in [1.54, 1.807) is 7.11 Å². The van der Waals surface area contributed by atoms with E-state index < -0.39 is 0 Å². The molecule has 0 unspecified atom stereocenters. The topological polar surface area (TPSA) is 41.7 Å². The summed E-state index contributed by atoms with van der Waals surface area (Å²) >= 11 is 0. The van der Waals surface area contributed by atoms with Crippen LogP contribution in [-0.4, -0.2) is 51.3 Å². The molecule has 1 saturated carbocycles. The first-order valence-corrected chi connectivity index (χ1v) is 11.0. The average molecular weight is 374 g/mol. The highest BCUT2D eigenvalue weighted by atomic mass is 16.5. The van der Waals surface area contributed by atoms with Gasteiger partial charge in [0.1, 0.15) is 5.75 Å². The molecule has 2 fully saturated rings. The van der Waals surface area contributed by atoms with Crippen LogP contribution in [0.1, 0.15) is 50.5 Å². The molecule has 3 rings (SSSR count). The van der Waals surface area contributed by atoms with Crippen LogP contribution in [0, 0.1) is 18.8 Å². The van der Waals surface area contributed by atoms with Gasteiger partial charge in [-0.2, -0.15) is 0 Å². The molecule has 1 aromatic carbocycles. The lowest BCUT2D eigenvalue weighted by molar-refractivity contribution is 0.200. The Labute approximate surface area is 166 Å². The van der Waals surface area contributed by atoms with Crippen molar-refractivity contribution in [2.24, 2.45) is 17.6 Å². The van der Waals surface area contributed by atoms with Crippen molar-refractivity contribution in [3.05, 3.63) is 23.8 Å². The Hall–Kier alpha value is -1.26. The molecule has 1 aliphatic heterocycles. The number of hydrogen-bond acceptors (Lipinski definition) is 4. The van der Waals surface area contributed by atoms with Crippen molar-refractivity contribution in [1.82, 2.24) is 4.90 Å². The lowest BCUT2D eigenvalue weighted by Crippen LogP contribution is -2.47. The normalized spacial score (nSPS) is 24.2. The quantitative estimate of drug-likeness (QED) is 0.746. The third-order valence-electron chi connectivity index (χ3n) is 6.77. The Morgan fingerprint density at radius 2 is 1.67 bits per heavy atom. The van der Waals surface area contributed by atoms with Gasteiger partial charge in [-0.05, 0) is 62.7 Å². The number of aryl methyl sites for hydroxylation is 1. The molecule has 0 atom stereocenters. The molecule has 1 saturated heterocycles. The molecule has 0 aromatic heterocycles. The zero-order valence-corrected chi connectivity index (χ0v) is 17.5. The Kier molecular flexibility index (Phi) is 7.83. The van der Waals surface area contributed by atoms with Crippen molar-refractivity contribution < 1.29 is 4.74 Å². The summed E-state index contributed by atoms with van der Waals surface area (Å²) in [6.45, 7) is 8.96. The number of methoxy groups -OCH3 is 1. The summed E-state index contributed by atoms with van der Waals surface area (Å²) in [4.78, 5) is 5.20. The molecule has 0 radical (unpaired) electrons. The van der Waals surface area contributed by atoms with Gasteiger partial charge in [0.15, 0.2) is 0 Å². The summed E-state index contributed by atoms with van der Waals surface area (Å²) < 4.78 is 5.41. The number of piperazine rings is 1. The molecular weight excluding hydrogens is 334 g/mol. The monoisotopic (exact) mass is 373 g/mol. The molecule has 2 aliphatic rings. The molecular formula is C23H39N3O. The SMILES string of the molecule is COc1ccc(C)c(N2CCN(CCC3CCC(CCCN)CC3)CC2)c1. The lowest BCUT2D eigenvalue weighted by atomic mass is 9.78. The van der Waals surface area contributed by atoms with Crippen LogP contribution >= 0.6 is 0 Å². The standard InChI is InChI=1S/C23H39N3O/c1-19-5-10-22(27-2)18-23(19)26-16-14-25(15-17-26)13-11-21-8-6-20(7-9-21)4-3-12-24/h5,10,18,20-21H,3-4,6-9,11-17,24H2,1-2H3. The number of nitrogens with two attached hydrogens (primary N) is 1. The van der Waals surface area contributed by atoms with Gasteiger partial charge in [0.05, 0.1) is 7.11 Å². The molecule has 1 heterocycles. The van der Waals surface area contributed by atoms with E-state index in [4.69, 9.17) is 10.5 Å². The van der Waals surface area contributed by atoms with Gasteiger partial charge in [0.25, 0.3) is 0 Å². The van der Waals surface area contributed by atoms with Crippen molar-refractivity contribution >= 4 is 5.69 Å². The number of hydrogen-bond donors (Lipinski definition) is 1. The van der Waals surface area contributed by atoms with Crippen LogP contribution in [0.5, 0.6) is 5.75 Å². The van der Waals surface area contributed by atoms with Gasteiger partial charge in [0.2, 0.25) is 0 Å². The van der Waals surface area contributed by atoms with Crippen LogP contribution in [-0.2, 0) is 0 Å². The van der Waals surface area contributed by atoms with Crippen molar-refractivity contribution in [3.8, 4) is 5.75 Å². The minimum Gasteiger partial charge on any atom is -0.497 e. The first-order valence-electron chi connectivity index (χ1n) is 11.0. The minimum atomic E-state index is 0.862. The molecule has 4 nitrogen and oxygen atoms in total. The second-order valence-electron chi connectivity index (χ2n) is 8.59. The molecule has 152 valence electrons. The fraction of sp³-hybridized carbons (Fsp3) is 0.739.